The van der Waals surface area contributed by atoms with Gasteiger partial charge in [0.2, 0.25) is 0 Å². The molecule has 0 radical (unpaired) electrons. The summed E-state index contributed by atoms with van der Waals surface area (Å²) >= 11 is 12.2. The average molecular weight is 268 g/mol. The number of rotatable bonds is 2. The van der Waals surface area contributed by atoms with Crippen molar-refractivity contribution in [1.29, 1.82) is 0 Å². The Bertz CT molecular complexity index is 535. The second-order valence-corrected chi connectivity index (χ2v) is 4.57. The first-order valence-electron chi connectivity index (χ1n) is 5.14. The van der Waals surface area contributed by atoms with Crippen LogP contribution in [0.4, 0.5) is 0 Å². The van der Waals surface area contributed by atoms with Crippen molar-refractivity contribution >= 4 is 23.2 Å². The Hall–Kier alpha value is -1.09. The topological polar surface area (TPSA) is 33.1 Å². The van der Waals surface area contributed by atoms with Crippen LogP contribution >= 0.6 is 23.2 Å². The van der Waals surface area contributed by atoms with E-state index in [0.717, 1.165) is 11.3 Å². The van der Waals surface area contributed by atoms with Crippen molar-refractivity contribution in [2.45, 2.75) is 13.5 Å². The lowest BCUT2D eigenvalue weighted by Gasteiger charge is -2.08. The van der Waals surface area contributed by atoms with E-state index in [4.69, 9.17) is 23.2 Å². The summed E-state index contributed by atoms with van der Waals surface area (Å²) in [5.41, 5.74) is 3.00. The van der Waals surface area contributed by atoms with E-state index in [1.54, 1.807) is 24.3 Å². The molecule has 0 aliphatic heterocycles. The predicted molar refractivity (Wildman–Crippen MR) is 70.4 cm³/mol. The number of benzene rings is 1. The Morgan fingerprint density at radius 3 is 2.41 bits per heavy atom. The molecule has 0 bridgehead atoms. The Morgan fingerprint density at radius 2 is 1.82 bits per heavy atom. The van der Waals surface area contributed by atoms with Crippen molar-refractivity contribution in [3.05, 3.63) is 51.6 Å². The molecule has 4 heteroatoms. The van der Waals surface area contributed by atoms with Crippen LogP contribution in [0, 0.1) is 6.92 Å². The molecule has 0 aliphatic rings. The molecule has 0 atom stereocenters. The summed E-state index contributed by atoms with van der Waals surface area (Å²) in [5.74, 6) is 0. The molecule has 0 unspecified atom stereocenters. The fourth-order valence-electron chi connectivity index (χ4n) is 1.70. The van der Waals surface area contributed by atoms with Gasteiger partial charge in [0.1, 0.15) is 0 Å². The van der Waals surface area contributed by atoms with Gasteiger partial charge in [0.15, 0.2) is 0 Å². The summed E-state index contributed by atoms with van der Waals surface area (Å²) in [6, 6.07) is 8.95. The molecule has 0 saturated carbocycles. The van der Waals surface area contributed by atoms with E-state index in [0.29, 0.717) is 21.3 Å². The Morgan fingerprint density at radius 1 is 1.18 bits per heavy atom. The molecule has 2 aromatic rings. The van der Waals surface area contributed by atoms with Crippen LogP contribution in [0.2, 0.25) is 10.0 Å². The van der Waals surface area contributed by atoms with Crippen LogP contribution in [-0.4, -0.2) is 10.1 Å². The zero-order chi connectivity index (χ0) is 12.4. The molecule has 2 nitrogen and oxygen atoms in total. The maximum Gasteiger partial charge on any atom is 0.0738 e. The van der Waals surface area contributed by atoms with Crippen molar-refractivity contribution in [2.75, 3.05) is 0 Å². The van der Waals surface area contributed by atoms with E-state index in [2.05, 4.69) is 4.98 Å². The molecule has 1 aromatic heterocycles. The van der Waals surface area contributed by atoms with Crippen molar-refractivity contribution in [3.63, 3.8) is 0 Å². The summed E-state index contributed by atoms with van der Waals surface area (Å²) < 4.78 is 0. The highest BCUT2D eigenvalue weighted by atomic mass is 35.5. The van der Waals surface area contributed by atoms with Gasteiger partial charge in [-0.2, -0.15) is 0 Å². The summed E-state index contributed by atoms with van der Waals surface area (Å²) in [5, 5.41) is 10.3. The van der Waals surface area contributed by atoms with Crippen LogP contribution in [0.5, 0.6) is 0 Å². The molecule has 0 amide bonds. The first-order valence-corrected chi connectivity index (χ1v) is 5.90. The normalized spacial score (nSPS) is 10.6. The third-order valence-electron chi connectivity index (χ3n) is 2.41. The van der Waals surface area contributed by atoms with Crippen molar-refractivity contribution in [2.24, 2.45) is 0 Å². The van der Waals surface area contributed by atoms with E-state index in [9.17, 15) is 5.11 Å². The largest absolute Gasteiger partial charge is 0.392 e. The third-order valence-corrected chi connectivity index (χ3v) is 3.04. The van der Waals surface area contributed by atoms with Crippen LogP contribution in [0.3, 0.4) is 0 Å². The number of aryl methyl sites for hydroxylation is 1. The average Bonchev–Trinajstić information content (AvgIpc) is 2.28. The van der Waals surface area contributed by atoms with Gasteiger partial charge in [-0.15, -0.1) is 0 Å². The zero-order valence-corrected chi connectivity index (χ0v) is 10.8. The van der Waals surface area contributed by atoms with E-state index < -0.39 is 0 Å². The van der Waals surface area contributed by atoms with Crippen LogP contribution in [0.25, 0.3) is 11.3 Å². The maximum absolute atomic E-state index is 9.18. The lowest BCUT2D eigenvalue weighted by molar-refractivity contribution is 0.281. The first kappa shape index (κ1) is 12.4. The molecular weight excluding hydrogens is 257 g/mol. The van der Waals surface area contributed by atoms with Crippen LogP contribution in [0.1, 0.15) is 11.3 Å². The summed E-state index contributed by atoms with van der Waals surface area (Å²) in [6.07, 6.45) is 0. The molecule has 1 aromatic carbocycles. The zero-order valence-electron chi connectivity index (χ0n) is 9.24. The Kier molecular flexibility index (Phi) is 3.67. The summed E-state index contributed by atoms with van der Waals surface area (Å²) in [4.78, 5) is 4.39. The summed E-state index contributed by atoms with van der Waals surface area (Å²) in [6.45, 7) is 1.84. The van der Waals surface area contributed by atoms with Crippen molar-refractivity contribution in [3.8, 4) is 11.3 Å². The number of pyridine rings is 1. The SMILES string of the molecule is Cc1cc(CO)cc(-c2c(Cl)cccc2Cl)n1. The number of aliphatic hydroxyl groups excluding tert-OH is 1. The first-order chi connectivity index (χ1) is 8.11. The highest BCUT2D eigenvalue weighted by Crippen LogP contribution is 2.33. The van der Waals surface area contributed by atoms with Gasteiger partial charge in [-0.1, -0.05) is 29.3 Å². The standard InChI is InChI=1S/C13H11Cl2NO/c1-8-5-9(7-17)6-12(16-8)13-10(14)3-2-4-11(13)15/h2-6,17H,7H2,1H3. The highest BCUT2D eigenvalue weighted by molar-refractivity contribution is 6.39. The monoisotopic (exact) mass is 267 g/mol. The molecule has 0 saturated heterocycles. The van der Waals surface area contributed by atoms with Gasteiger partial charge >= 0.3 is 0 Å². The molecule has 2 rings (SSSR count). The van der Waals surface area contributed by atoms with E-state index in [-0.39, 0.29) is 6.61 Å². The number of hydrogen-bond donors (Lipinski definition) is 1. The predicted octanol–water partition coefficient (Wildman–Crippen LogP) is 3.86. The van der Waals surface area contributed by atoms with Gasteiger partial charge < -0.3 is 5.11 Å². The van der Waals surface area contributed by atoms with Gasteiger partial charge in [-0.3, -0.25) is 4.98 Å². The molecule has 0 spiro atoms. The van der Waals surface area contributed by atoms with E-state index in [1.807, 2.05) is 13.0 Å². The van der Waals surface area contributed by atoms with Crippen LogP contribution in [-0.2, 0) is 6.61 Å². The molecule has 0 fully saturated rings. The minimum atomic E-state index is -0.0293. The molecule has 1 heterocycles. The number of aliphatic hydroxyl groups is 1. The number of hydrogen-bond acceptors (Lipinski definition) is 2. The van der Waals surface area contributed by atoms with Crippen molar-refractivity contribution < 1.29 is 5.11 Å². The number of nitrogens with zero attached hydrogens (tertiary/aromatic N) is 1. The van der Waals surface area contributed by atoms with Gasteiger partial charge in [0, 0.05) is 11.3 Å². The lowest BCUT2D eigenvalue weighted by Crippen LogP contribution is -1.93. The molecule has 17 heavy (non-hydrogen) atoms. The van der Waals surface area contributed by atoms with Gasteiger partial charge in [-0.05, 0) is 36.8 Å². The van der Waals surface area contributed by atoms with Gasteiger partial charge in [0.25, 0.3) is 0 Å². The van der Waals surface area contributed by atoms with Crippen LogP contribution in [0.15, 0.2) is 30.3 Å². The highest BCUT2D eigenvalue weighted by Gasteiger charge is 2.10. The second-order valence-electron chi connectivity index (χ2n) is 3.76. The van der Waals surface area contributed by atoms with Crippen molar-refractivity contribution in [1.82, 2.24) is 4.98 Å². The molecule has 1 N–H and O–H groups in total. The molecule has 88 valence electrons. The minimum absolute atomic E-state index is 0.0293. The number of aromatic nitrogens is 1. The molecular formula is C13H11Cl2NO. The van der Waals surface area contributed by atoms with Crippen LogP contribution < -0.4 is 0 Å². The quantitative estimate of drug-likeness (QED) is 0.897. The Labute approximate surface area is 110 Å². The van der Waals surface area contributed by atoms with E-state index >= 15 is 0 Å². The smallest absolute Gasteiger partial charge is 0.0738 e. The summed E-state index contributed by atoms with van der Waals surface area (Å²) in [7, 11) is 0. The third kappa shape index (κ3) is 2.60. The fourth-order valence-corrected chi connectivity index (χ4v) is 2.29. The number of halogens is 2. The Balaban J connectivity index is 2.64. The lowest BCUT2D eigenvalue weighted by atomic mass is 10.1. The minimum Gasteiger partial charge on any atom is -0.392 e. The van der Waals surface area contributed by atoms with E-state index in [1.165, 1.54) is 0 Å². The maximum atomic E-state index is 9.18. The fraction of sp³-hybridized carbons (Fsp3) is 0.154. The van der Waals surface area contributed by atoms with Gasteiger partial charge in [-0.25, -0.2) is 0 Å². The van der Waals surface area contributed by atoms with Gasteiger partial charge in [0.05, 0.1) is 22.3 Å². The second kappa shape index (κ2) is 5.05. The molecule has 0 aliphatic carbocycles.